The van der Waals surface area contributed by atoms with E-state index in [1.165, 1.54) is 9.99 Å². The van der Waals surface area contributed by atoms with E-state index in [1.807, 2.05) is 12.1 Å². The van der Waals surface area contributed by atoms with Gasteiger partial charge in [0, 0.05) is 0 Å². The number of aromatic nitrogens is 2. The minimum absolute atomic E-state index is 0.247. The van der Waals surface area contributed by atoms with E-state index in [1.54, 1.807) is 21.3 Å². The van der Waals surface area contributed by atoms with Gasteiger partial charge < -0.3 is 0 Å². The van der Waals surface area contributed by atoms with E-state index in [0.29, 0.717) is 15.8 Å². The fourth-order valence-electron chi connectivity index (χ4n) is 2.08. The topological polar surface area (TPSA) is 53.5 Å². The van der Waals surface area contributed by atoms with Gasteiger partial charge in [0.25, 0.3) is 0 Å². The normalized spacial score (nSPS) is 17.7. The summed E-state index contributed by atoms with van der Waals surface area (Å²) in [5.41, 5.74) is 2.08. The predicted molar refractivity (Wildman–Crippen MR) is 66.8 cm³/mol. The van der Waals surface area contributed by atoms with Gasteiger partial charge in [-0.1, -0.05) is 0 Å². The van der Waals surface area contributed by atoms with Gasteiger partial charge in [-0.2, -0.15) is 0 Å². The Morgan fingerprint density at radius 2 is 1.89 bits per heavy atom. The van der Waals surface area contributed by atoms with Gasteiger partial charge in [-0.15, -0.1) is 0 Å². The Kier molecular flexibility index (Phi) is 3.34. The number of nitrogens with zero attached hydrogens (tertiary/aromatic N) is 2. The van der Waals surface area contributed by atoms with Crippen LogP contribution in [0.15, 0.2) is 12.1 Å². The van der Waals surface area contributed by atoms with Crippen LogP contribution in [0.2, 0.25) is 0 Å². The van der Waals surface area contributed by atoms with Crippen molar-refractivity contribution < 1.29 is 35.4 Å². The summed E-state index contributed by atoms with van der Waals surface area (Å²) in [6, 6.07) is 4.24. The number of ether oxygens (including phenoxy) is 3. The second-order valence-electron chi connectivity index (χ2n) is 4.07. The zero-order valence-electron chi connectivity index (χ0n) is 10.9. The molecule has 1 fully saturated rings. The third-order valence-corrected chi connectivity index (χ3v) is 5.41. The van der Waals surface area contributed by atoms with Gasteiger partial charge in [0.2, 0.25) is 0 Å². The molecule has 19 heavy (non-hydrogen) atoms. The molecule has 102 valence electrons. The van der Waals surface area contributed by atoms with Crippen LogP contribution >= 0.6 is 0 Å². The van der Waals surface area contributed by atoms with Crippen molar-refractivity contribution in [3.05, 3.63) is 17.7 Å². The minimum atomic E-state index is 0.247. The Labute approximate surface area is 121 Å². The van der Waals surface area contributed by atoms with Crippen molar-refractivity contribution in [1.29, 1.82) is 0 Å². The molecule has 1 atom stereocenters. The van der Waals surface area contributed by atoms with Crippen molar-refractivity contribution in [1.82, 2.24) is 9.97 Å². The molecule has 0 radical (unpaired) electrons. The number of rotatable bonds is 4. The number of methoxy groups -OCH3 is 3. The molecule has 6 heteroatoms. The van der Waals surface area contributed by atoms with E-state index < -0.39 is 0 Å². The van der Waals surface area contributed by atoms with Crippen LogP contribution in [0.5, 0.6) is 17.6 Å². The van der Waals surface area contributed by atoms with Crippen LogP contribution in [0.4, 0.5) is 0 Å². The SMILES string of the molecule is COc1nc(OC)c2ccc(OC)c(C3C[I-]3)c2n1. The van der Waals surface area contributed by atoms with Crippen LogP contribution in [0.1, 0.15) is 9.49 Å². The van der Waals surface area contributed by atoms with Crippen molar-refractivity contribution in [3.63, 3.8) is 0 Å². The number of benzene rings is 1. The standard InChI is InChI=1S/C13H14IN2O3/c1-17-9-5-4-7-11(10(9)8-6-14-8)15-13(19-3)16-12(7)18-2/h4-5,8H,6H2,1-3H3/q-1. The van der Waals surface area contributed by atoms with E-state index in [-0.39, 0.29) is 21.2 Å². The maximum atomic E-state index is 5.48. The molecule has 2 aromatic rings. The molecule has 1 aliphatic heterocycles. The number of fused-ring (bicyclic) bond motifs is 1. The summed E-state index contributed by atoms with van der Waals surface area (Å²) < 4.78 is 17.9. The second-order valence-corrected chi connectivity index (χ2v) is 7.34. The van der Waals surface area contributed by atoms with Crippen LogP contribution in [-0.2, 0) is 0 Å². The van der Waals surface area contributed by atoms with Gasteiger partial charge in [0.15, 0.2) is 0 Å². The Morgan fingerprint density at radius 1 is 1.11 bits per heavy atom. The van der Waals surface area contributed by atoms with Gasteiger partial charge in [-0.3, -0.25) is 0 Å². The van der Waals surface area contributed by atoms with Crippen LogP contribution < -0.4 is 35.4 Å². The molecular weight excluding hydrogens is 359 g/mol. The molecule has 0 saturated carbocycles. The number of alkyl halides is 2. The number of hydrogen-bond acceptors (Lipinski definition) is 5. The Balaban J connectivity index is 2.33. The molecule has 1 saturated heterocycles. The summed E-state index contributed by atoms with van der Waals surface area (Å²) in [5, 5.41) is 0.912. The van der Waals surface area contributed by atoms with Crippen molar-refractivity contribution in [2.45, 2.75) is 3.92 Å². The third-order valence-electron chi connectivity index (χ3n) is 3.03. The summed E-state index contributed by atoms with van der Waals surface area (Å²) in [5.74, 6) is 1.45. The Morgan fingerprint density at radius 3 is 2.47 bits per heavy atom. The fourth-order valence-corrected chi connectivity index (χ4v) is 3.81. The number of hydrogen-bond donors (Lipinski definition) is 0. The number of halogens is 1. The van der Waals surface area contributed by atoms with Crippen LogP contribution in [0.3, 0.4) is 0 Å². The quantitative estimate of drug-likeness (QED) is 0.498. The van der Waals surface area contributed by atoms with Gasteiger partial charge in [-0.05, 0) is 0 Å². The van der Waals surface area contributed by atoms with Crippen molar-refractivity contribution in [3.8, 4) is 17.6 Å². The van der Waals surface area contributed by atoms with E-state index in [2.05, 4.69) is 9.97 Å². The predicted octanol–water partition coefficient (Wildman–Crippen LogP) is -1.20. The first-order valence-corrected chi connectivity index (χ1v) is 8.60. The summed E-state index contributed by atoms with van der Waals surface area (Å²) in [6.45, 7) is 0. The van der Waals surface area contributed by atoms with Crippen LogP contribution in [0, 0.1) is 0 Å². The van der Waals surface area contributed by atoms with E-state index >= 15 is 0 Å². The van der Waals surface area contributed by atoms with Crippen molar-refractivity contribution in [2.24, 2.45) is 0 Å². The second kappa shape index (κ2) is 4.99. The molecule has 0 amide bonds. The molecule has 0 aliphatic carbocycles. The first-order valence-electron chi connectivity index (χ1n) is 5.82. The molecule has 0 N–H and O–H groups in total. The van der Waals surface area contributed by atoms with Gasteiger partial charge in [0.1, 0.15) is 0 Å². The zero-order valence-corrected chi connectivity index (χ0v) is 13.1. The molecule has 1 aromatic heterocycles. The zero-order chi connectivity index (χ0) is 13.4. The van der Waals surface area contributed by atoms with Crippen LogP contribution in [-0.4, -0.2) is 35.7 Å². The molecule has 5 nitrogen and oxygen atoms in total. The van der Waals surface area contributed by atoms with E-state index in [0.717, 1.165) is 16.7 Å². The maximum absolute atomic E-state index is 5.48. The first kappa shape index (κ1) is 12.7. The van der Waals surface area contributed by atoms with Crippen molar-refractivity contribution >= 4 is 10.9 Å². The summed E-state index contributed by atoms with van der Waals surface area (Å²) in [6.07, 6.45) is 0. The Hall–Kier alpha value is -1.31. The van der Waals surface area contributed by atoms with Gasteiger partial charge in [0.05, 0.1) is 0 Å². The molecular formula is C13H14IN2O3-. The molecule has 2 heterocycles. The fraction of sp³-hybridized carbons (Fsp3) is 0.385. The van der Waals surface area contributed by atoms with E-state index in [9.17, 15) is 0 Å². The average molecular weight is 373 g/mol. The molecule has 0 bridgehead atoms. The summed E-state index contributed by atoms with van der Waals surface area (Å²) in [7, 11) is 4.86. The first-order chi connectivity index (χ1) is 9.28. The van der Waals surface area contributed by atoms with Crippen molar-refractivity contribution in [2.75, 3.05) is 25.8 Å². The molecule has 1 unspecified atom stereocenters. The molecule has 0 spiro atoms. The molecule has 1 aliphatic rings. The molecule has 3 rings (SSSR count). The summed E-state index contributed by atoms with van der Waals surface area (Å²) >= 11 is 0.247. The summed E-state index contributed by atoms with van der Waals surface area (Å²) in [4.78, 5) is 8.72. The molecule has 1 aromatic carbocycles. The Bertz CT molecular complexity index is 629. The van der Waals surface area contributed by atoms with Gasteiger partial charge >= 0.3 is 121 Å². The average Bonchev–Trinajstić information content (AvgIpc) is 3.28. The van der Waals surface area contributed by atoms with E-state index in [4.69, 9.17) is 14.2 Å². The monoisotopic (exact) mass is 373 g/mol. The third kappa shape index (κ3) is 2.18. The van der Waals surface area contributed by atoms with Crippen LogP contribution in [0.25, 0.3) is 10.9 Å². The van der Waals surface area contributed by atoms with Gasteiger partial charge in [-0.25, -0.2) is 0 Å².